The summed E-state index contributed by atoms with van der Waals surface area (Å²) < 4.78 is 0. The molecule has 2 heterocycles. The summed E-state index contributed by atoms with van der Waals surface area (Å²) in [6, 6.07) is 5.91. The van der Waals surface area contributed by atoms with Crippen LogP contribution in [0, 0.1) is 27.7 Å². The fraction of sp³-hybridized carbons (Fsp3) is 0.235. The molecule has 3 aromatic rings. The second-order valence-electron chi connectivity index (χ2n) is 5.66. The number of fused-ring (bicyclic) bond motifs is 1. The quantitative estimate of drug-likeness (QED) is 0.757. The second-order valence-corrected chi connectivity index (χ2v) is 6.66. The van der Waals surface area contributed by atoms with Crippen LogP contribution in [0.1, 0.15) is 32.2 Å². The minimum Gasteiger partial charge on any atom is -0.321 e. The highest BCUT2D eigenvalue weighted by atomic mass is 32.1. The molecule has 0 fully saturated rings. The number of aryl methyl sites for hydroxylation is 4. The number of rotatable bonds is 2. The van der Waals surface area contributed by atoms with Crippen molar-refractivity contribution < 1.29 is 4.79 Å². The molecule has 0 saturated carbocycles. The molecule has 2 N–H and O–H groups in total. The van der Waals surface area contributed by atoms with Crippen LogP contribution in [-0.4, -0.2) is 15.9 Å². The number of thiophene rings is 1. The first-order valence-electron chi connectivity index (χ1n) is 7.25. The van der Waals surface area contributed by atoms with Crippen LogP contribution in [0.5, 0.6) is 0 Å². The highest BCUT2D eigenvalue weighted by Crippen LogP contribution is 2.28. The molecule has 5 nitrogen and oxygen atoms in total. The Morgan fingerprint density at radius 2 is 1.96 bits per heavy atom. The van der Waals surface area contributed by atoms with E-state index in [1.165, 1.54) is 11.3 Å². The van der Waals surface area contributed by atoms with E-state index in [1.807, 2.05) is 32.0 Å². The van der Waals surface area contributed by atoms with Crippen molar-refractivity contribution in [3.8, 4) is 0 Å². The van der Waals surface area contributed by atoms with E-state index in [0.717, 1.165) is 16.8 Å². The Balaban J connectivity index is 2.05. The smallest absolute Gasteiger partial charge is 0.266 e. The molecule has 118 valence electrons. The summed E-state index contributed by atoms with van der Waals surface area (Å²) in [5.41, 5.74) is 3.32. The molecule has 0 spiro atoms. The van der Waals surface area contributed by atoms with E-state index >= 15 is 0 Å². The van der Waals surface area contributed by atoms with Crippen molar-refractivity contribution in [2.75, 3.05) is 5.32 Å². The average molecular weight is 327 g/mol. The van der Waals surface area contributed by atoms with Crippen molar-refractivity contribution in [3.63, 3.8) is 0 Å². The first kappa shape index (κ1) is 15.4. The molecule has 6 heteroatoms. The third-order valence-electron chi connectivity index (χ3n) is 3.77. The third kappa shape index (κ3) is 2.77. The van der Waals surface area contributed by atoms with E-state index in [1.54, 1.807) is 13.8 Å². The maximum Gasteiger partial charge on any atom is 0.266 e. The zero-order valence-electron chi connectivity index (χ0n) is 13.4. The van der Waals surface area contributed by atoms with Crippen LogP contribution < -0.4 is 10.9 Å². The van der Waals surface area contributed by atoms with Crippen LogP contribution in [0.3, 0.4) is 0 Å². The first-order chi connectivity index (χ1) is 10.9. The van der Waals surface area contributed by atoms with Crippen molar-refractivity contribution in [2.24, 2.45) is 0 Å². The van der Waals surface area contributed by atoms with E-state index in [4.69, 9.17) is 0 Å². The van der Waals surface area contributed by atoms with E-state index in [0.29, 0.717) is 26.5 Å². The fourth-order valence-corrected chi connectivity index (χ4v) is 3.64. The van der Waals surface area contributed by atoms with Gasteiger partial charge in [0, 0.05) is 5.69 Å². The number of hydrogen-bond donors (Lipinski definition) is 2. The van der Waals surface area contributed by atoms with Gasteiger partial charge in [-0.3, -0.25) is 9.59 Å². The Labute approximate surface area is 137 Å². The predicted octanol–water partition coefficient (Wildman–Crippen LogP) is 3.47. The molecule has 0 unspecified atom stereocenters. The van der Waals surface area contributed by atoms with Gasteiger partial charge in [-0.25, -0.2) is 4.98 Å². The first-order valence-corrected chi connectivity index (χ1v) is 8.07. The maximum absolute atomic E-state index is 12.6. The second kappa shape index (κ2) is 5.62. The SMILES string of the molecule is Cc1ccc(C)c(NC(=O)c2sc3nc(C)[nH]c(=O)c3c2C)c1. The molecule has 1 amide bonds. The average Bonchev–Trinajstić information content (AvgIpc) is 2.80. The van der Waals surface area contributed by atoms with E-state index in [2.05, 4.69) is 15.3 Å². The molecule has 0 aliphatic heterocycles. The standard InChI is InChI=1S/C17H17N3O2S/c1-8-5-6-9(2)12(7-8)20-16(22)14-10(3)13-15(21)18-11(4)19-17(13)23-14/h5-7H,1-4H3,(H,20,22)(H,18,19,21). The molecule has 3 rings (SSSR count). The Bertz CT molecular complexity index is 985. The Hall–Kier alpha value is -2.47. The van der Waals surface area contributed by atoms with Crippen molar-refractivity contribution in [3.05, 3.63) is 55.9 Å². The summed E-state index contributed by atoms with van der Waals surface area (Å²) in [4.78, 5) is 32.8. The van der Waals surface area contributed by atoms with Gasteiger partial charge in [0.15, 0.2) is 0 Å². The van der Waals surface area contributed by atoms with Crippen molar-refractivity contribution in [1.29, 1.82) is 0 Å². The van der Waals surface area contributed by atoms with Crippen LogP contribution in [0.4, 0.5) is 5.69 Å². The van der Waals surface area contributed by atoms with Crippen LogP contribution in [-0.2, 0) is 0 Å². The minimum absolute atomic E-state index is 0.202. The van der Waals surface area contributed by atoms with Gasteiger partial charge in [0.1, 0.15) is 10.7 Å². The number of nitrogens with one attached hydrogen (secondary N) is 2. The molecule has 0 atom stereocenters. The van der Waals surface area contributed by atoms with Crippen LogP contribution in [0.15, 0.2) is 23.0 Å². The molecule has 0 bridgehead atoms. The van der Waals surface area contributed by atoms with Gasteiger partial charge >= 0.3 is 0 Å². The summed E-state index contributed by atoms with van der Waals surface area (Å²) >= 11 is 1.25. The van der Waals surface area contributed by atoms with Gasteiger partial charge in [-0.05, 0) is 50.5 Å². The maximum atomic E-state index is 12.6. The molecule has 2 aromatic heterocycles. The lowest BCUT2D eigenvalue weighted by molar-refractivity contribution is 0.103. The van der Waals surface area contributed by atoms with Gasteiger partial charge in [-0.2, -0.15) is 0 Å². The van der Waals surface area contributed by atoms with Gasteiger partial charge < -0.3 is 10.3 Å². The predicted molar refractivity (Wildman–Crippen MR) is 93.6 cm³/mol. The van der Waals surface area contributed by atoms with Crippen LogP contribution in [0.25, 0.3) is 10.2 Å². The third-order valence-corrected chi connectivity index (χ3v) is 4.95. The molecule has 0 saturated heterocycles. The van der Waals surface area contributed by atoms with Crippen LogP contribution >= 0.6 is 11.3 Å². The largest absolute Gasteiger partial charge is 0.321 e. The summed E-state index contributed by atoms with van der Waals surface area (Å²) in [5.74, 6) is 0.335. The molecule has 0 aliphatic carbocycles. The van der Waals surface area contributed by atoms with Gasteiger partial charge in [0.05, 0.1) is 10.3 Å². The monoisotopic (exact) mass is 327 g/mol. The van der Waals surface area contributed by atoms with Gasteiger partial charge in [-0.15, -0.1) is 11.3 Å². The van der Waals surface area contributed by atoms with Gasteiger partial charge in [0.2, 0.25) is 0 Å². The Morgan fingerprint density at radius 3 is 2.70 bits per heavy atom. The lowest BCUT2D eigenvalue weighted by atomic mass is 10.1. The summed E-state index contributed by atoms with van der Waals surface area (Å²) in [7, 11) is 0. The number of anilines is 1. The van der Waals surface area contributed by atoms with Gasteiger partial charge in [-0.1, -0.05) is 12.1 Å². The van der Waals surface area contributed by atoms with Crippen LogP contribution in [0.2, 0.25) is 0 Å². The zero-order valence-corrected chi connectivity index (χ0v) is 14.2. The van der Waals surface area contributed by atoms with Crippen molar-refractivity contribution in [2.45, 2.75) is 27.7 Å². The number of nitrogens with zero attached hydrogens (tertiary/aromatic N) is 1. The molecule has 0 aliphatic rings. The molecule has 23 heavy (non-hydrogen) atoms. The summed E-state index contributed by atoms with van der Waals surface area (Å²) in [6.07, 6.45) is 0. The highest BCUT2D eigenvalue weighted by Gasteiger charge is 2.19. The lowest BCUT2D eigenvalue weighted by Crippen LogP contribution is -2.13. The number of aromatic amines is 1. The van der Waals surface area contributed by atoms with E-state index in [-0.39, 0.29) is 11.5 Å². The Kier molecular flexibility index (Phi) is 3.77. The van der Waals surface area contributed by atoms with Crippen molar-refractivity contribution in [1.82, 2.24) is 9.97 Å². The number of carbonyl (C=O) groups is 1. The number of carbonyl (C=O) groups excluding carboxylic acids is 1. The molecular formula is C17H17N3O2S. The number of H-pyrrole nitrogens is 1. The number of amides is 1. The number of benzene rings is 1. The number of hydrogen-bond acceptors (Lipinski definition) is 4. The summed E-state index contributed by atoms with van der Waals surface area (Å²) in [5, 5.41) is 3.43. The Morgan fingerprint density at radius 1 is 1.22 bits per heavy atom. The summed E-state index contributed by atoms with van der Waals surface area (Å²) in [6.45, 7) is 7.43. The zero-order chi connectivity index (χ0) is 16.7. The highest BCUT2D eigenvalue weighted by molar-refractivity contribution is 7.20. The topological polar surface area (TPSA) is 74.8 Å². The van der Waals surface area contributed by atoms with E-state index in [9.17, 15) is 9.59 Å². The normalized spacial score (nSPS) is 11.0. The molecule has 1 aromatic carbocycles. The minimum atomic E-state index is -0.212. The van der Waals surface area contributed by atoms with E-state index < -0.39 is 0 Å². The number of aromatic nitrogens is 2. The van der Waals surface area contributed by atoms with Crippen molar-refractivity contribution >= 4 is 33.1 Å². The molecular weight excluding hydrogens is 310 g/mol. The fourth-order valence-electron chi connectivity index (χ4n) is 2.52. The van der Waals surface area contributed by atoms with Gasteiger partial charge in [0.25, 0.3) is 11.5 Å². The molecule has 0 radical (unpaired) electrons. The lowest BCUT2D eigenvalue weighted by Gasteiger charge is -2.08.